The van der Waals surface area contributed by atoms with E-state index in [0.29, 0.717) is 5.65 Å². The maximum Gasteiger partial charge on any atom is 0.352 e. The molecule has 0 unspecified atom stereocenters. The molecule has 0 radical (unpaired) electrons. The van der Waals surface area contributed by atoms with Crippen LogP contribution in [-0.4, -0.2) is 28.2 Å². The fourth-order valence-corrected chi connectivity index (χ4v) is 2.14. The molecule has 1 aromatic carbocycles. The number of ether oxygens (including phenoxy) is 1. The number of methoxy groups -OCH3 is 1. The number of H-pyrrole nitrogens is 1. The second-order valence-electron chi connectivity index (χ2n) is 3.83. The highest BCUT2D eigenvalue weighted by Crippen LogP contribution is 2.17. The van der Waals surface area contributed by atoms with Crippen LogP contribution in [0.5, 0.6) is 5.75 Å². The molecule has 0 aliphatic carbocycles. The third-order valence-corrected chi connectivity index (χ3v) is 3.25. The van der Waals surface area contributed by atoms with Gasteiger partial charge in [0.25, 0.3) is 0 Å². The number of nitrogens with two attached hydrogens (primary N) is 1. The highest BCUT2D eigenvalue weighted by Gasteiger charge is 2.07. The van der Waals surface area contributed by atoms with Gasteiger partial charge in [0.05, 0.1) is 17.3 Å². The van der Waals surface area contributed by atoms with Crippen molar-refractivity contribution in [3.8, 4) is 5.75 Å². The summed E-state index contributed by atoms with van der Waals surface area (Å²) in [7, 11) is 1.63. The predicted molar refractivity (Wildman–Crippen MR) is 78.3 cm³/mol. The number of carbonyl (C=O) groups is 1. The van der Waals surface area contributed by atoms with Crippen LogP contribution in [0.1, 0.15) is 10.5 Å². The van der Waals surface area contributed by atoms with E-state index in [1.807, 2.05) is 12.1 Å². The Morgan fingerprint density at radius 3 is 2.65 bits per heavy atom. The van der Waals surface area contributed by atoms with Crippen LogP contribution in [0.25, 0.3) is 10.3 Å². The average Bonchev–Trinajstić information content (AvgIpc) is 3.01. The Morgan fingerprint density at radius 2 is 2.10 bits per heavy atom. The lowest BCUT2D eigenvalue weighted by atomic mass is 10.3. The van der Waals surface area contributed by atoms with Crippen molar-refractivity contribution >= 4 is 33.3 Å². The fourth-order valence-electron chi connectivity index (χ4n) is 1.47. The summed E-state index contributed by atoms with van der Waals surface area (Å²) in [6.45, 7) is 0. The second kappa shape index (κ2) is 6.07. The number of rotatable bonds is 2. The zero-order valence-corrected chi connectivity index (χ0v) is 11.5. The first-order chi connectivity index (χ1) is 9.60. The van der Waals surface area contributed by atoms with Crippen LogP contribution in [0.2, 0.25) is 0 Å². The van der Waals surface area contributed by atoms with Crippen LogP contribution < -0.4 is 10.5 Å². The largest absolute Gasteiger partial charge is 0.497 e. The van der Waals surface area contributed by atoms with Crippen molar-refractivity contribution in [2.24, 2.45) is 0 Å². The molecular formula is C13H13N3O3S. The lowest BCUT2D eigenvalue weighted by molar-refractivity contribution is 0.0691. The molecule has 0 saturated heterocycles. The van der Waals surface area contributed by atoms with Gasteiger partial charge in [0.2, 0.25) is 0 Å². The molecule has 104 valence electrons. The standard InChI is InChI=1S/C7H9NO.C6H4N2O2S/c1-9-7-4-2-6(8)3-5-7;9-6(10)3-1-4-5(8-3)7-2-11-4/h2-5H,8H2,1H3;1-2,8H,(H,9,10). The molecule has 0 aliphatic heterocycles. The number of aromatic nitrogens is 2. The Balaban J connectivity index is 0.000000151. The Morgan fingerprint density at radius 1 is 1.40 bits per heavy atom. The summed E-state index contributed by atoms with van der Waals surface area (Å²) in [5, 5.41) is 8.55. The third-order valence-electron chi connectivity index (χ3n) is 2.47. The molecule has 0 amide bonds. The molecular weight excluding hydrogens is 278 g/mol. The number of hydrogen-bond donors (Lipinski definition) is 3. The lowest BCUT2D eigenvalue weighted by Crippen LogP contribution is -1.94. The molecule has 0 bridgehead atoms. The number of anilines is 1. The molecule has 2 heterocycles. The number of hydrogen-bond acceptors (Lipinski definition) is 5. The number of benzene rings is 1. The molecule has 6 nitrogen and oxygen atoms in total. The minimum atomic E-state index is -0.949. The SMILES string of the molecule is COc1ccc(N)cc1.O=C(O)c1cc2scnc2[nH]1. The number of thiazole rings is 1. The number of carboxylic acid groups (broad SMARTS) is 1. The van der Waals surface area contributed by atoms with E-state index in [4.69, 9.17) is 15.6 Å². The summed E-state index contributed by atoms with van der Waals surface area (Å²) in [6.07, 6.45) is 0. The molecule has 7 heteroatoms. The number of carboxylic acids is 1. The van der Waals surface area contributed by atoms with Gasteiger partial charge in [0.15, 0.2) is 0 Å². The summed E-state index contributed by atoms with van der Waals surface area (Å²) in [6, 6.07) is 8.84. The summed E-state index contributed by atoms with van der Waals surface area (Å²) < 4.78 is 5.79. The first-order valence-electron chi connectivity index (χ1n) is 5.65. The maximum absolute atomic E-state index is 10.4. The van der Waals surface area contributed by atoms with Crippen LogP contribution in [0.15, 0.2) is 35.8 Å². The predicted octanol–water partition coefficient (Wildman–Crippen LogP) is 2.60. The molecule has 0 atom stereocenters. The minimum absolute atomic E-state index is 0.194. The maximum atomic E-state index is 10.4. The number of nitrogen functional groups attached to an aromatic ring is 1. The first kappa shape index (κ1) is 13.9. The van der Waals surface area contributed by atoms with Crippen molar-refractivity contribution in [2.75, 3.05) is 12.8 Å². The van der Waals surface area contributed by atoms with Crippen molar-refractivity contribution in [1.82, 2.24) is 9.97 Å². The molecule has 4 N–H and O–H groups in total. The number of fused-ring (bicyclic) bond motifs is 1. The first-order valence-corrected chi connectivity index (χ1v) is 6.53. The zero-order chi connectivity index (χ0) is 14.5. The normalized spacial score (nSPS) is 9.85. The molecule has 0 saturated carbocycles. The molecule has 20 heavy (non-hydrogen) atoms. The fraction of sp³-hybridized carbons (Fsp3) is 0.0769. The smallest absolute Gasteiger partial charge is 0.352 e. The van der Waals surface area contributed by atoms with Crippen LogP contribution in [0, 0.1) is 0 Å². The van der Waals surface area contributed by atoms with Crippen LogP contribution >= 0.6 is 11.3 Å². The van der Waals surface area contributed by atoms with Gasteiger partial charge < -0.3 is 20.6 Å². The van der Waals surface area contributed by atoms with Gasteiger partial charge in [-0.25, -0.2) is 9.78 Å². The van der Waals surface area contributed by atoms with Crippen molar-refractivity contribution in [3.05, 3.63) is 41.5 Å². The van der Waals surface area contributed by atoms with Crippen LogP contribution in [0.4, 0.5) is 5.69 Å². The number of aromatic carboxylic acids is 1. The van der Waals surface area contributed by atoms with Gasteiger partial charge in [-0.15, -0.1) is 11.3 Å². The van der Waals surface area contributed by atoms with Gasteiger partial charge in [-0.05, 0) is 30.3 Å². The van der Waals surface area contributed by atoms with Gasteiger partial charge in [0.1, 0.15) is 17.1 Å². The highest BCUT2D eigenvalue weighted by atomic mass is 32.1. The number of aromatic amines is 1. The topological polar surface area (TPSA) is 101 Å². The summed E-state index contributed by atoms with van der Waals surface area (Å²) >= 11 is 1.42. The zero-order valence-electron chi connectivity index (χ0n) is 10.7. The summed E-state index contributed by atoms with van der Waals surface area (Å²) in [5.41, 5.74) is 8.70. The second-order valence-corrected chi connectivity index (χ2v) is 4.71. The molecule has 0 spiro atoms. The van der Waals surface area contributed by atoms with Crippen LogP contribution in [-0.2, 0) is 0 Å². The van der Waals surface area contributed by atoms with Crippen LogP contribution in [0.3, 0.4) is 0 Å². The van der Waals surface area contributed by atoms with E-state index in [0.717, 1.165) is 16.1 Å². The van der Waals surface area contributed by atoms with Gasteiger partial charge >= 0.3 is 5.97 Å². The summed E-state index contributed by atoms with van der Waals surface area (Å²) in [4.78, 5) is 17.0. The Labute approximate surface area is 118 Å². The number of nitrogens with one attached hydrogen (secondary N) is 1. The molecule has 3 aromatic rings. The minimum Gasteiger partial charge on any atom is -0.497 e. The van der Waals surface area contributed by atoms with Crippen molar-refractivity contribution < 1.29 is 14.6 Å². The molecule has 2 aromatic heterocycles. The van der Waals surface area contributed by atoms with Gasteiger partial charge in [-0.2, -0.15) is 0 Å². The Kier molecular flexibility index (Phi) is 4.21. The Hall–Kier alpha value is -2.54. The third kappa shape index (κ3) is 3.27. The van der Waals surface area contributed by atoms with E-state index >= 15 is 0 Å². The van der Waals surface area contributed by atoms with Crippen molar-refractivity contribution in [3.63, 3.8) is 0 Å². The summed E-state index contributed by atoms with van der Waals surface area (Å²) in [5.74, 6) is -0.112. The molecule has 3 rings (SSSR count). The average molecular weight is 291 g/mol. The van der Waals surface area contributed by atoms with E-state index in [1.165, 1.54) is 11.3 Å². The van der Waals surface area contributed by atoms with E-state index in [9.17, 15) is 4.79 Å². The Bertz CT molecular complexity index is 675. The van der Waals surface area contributed by atoms with Crippen molar-refractivity contribution in [2.45, 2.75) is 0 Å². The molecule has 0 aliphatic rings. The molecule has 0 fully saturated rings. The van der Waals surface area contributed by atoms with Gasteiger partial charge in [0, 0.05) is 5.69 Å². The number of nitrogens with zero attached hydrogens (tertiary/aromatic N) is 1. The van der Waals surface area contributed by atoms with E-state index in [-0.39, 0.29) is 5.69 Å². The van der Waals surface area contributed by atoms with E-state index in [1.54, 1.807) is 30.8 Å². The highest BCUT2D eigenvalue weighted by molar-refractivity contribution is 7.16. The van der Waals surface area contributed by atoms with Gasteiger partial charge in [-0.3, -0.25) is 0 Å². The lowest BCUT2D eigenvalue weighted by Gasteiger charge is -1.97. The van der Waals surface area contributed by atoms with E-state index < -0.39 is 5.97 Å². The monoisotopic (exact) mass is 291 g/mol. The van der Waals surface area contributed by atoms with Crippen molar-refractivity contribution in [1.29, 1.82) is 0 Å². The quantitative estimate of drug-likeness (QED) is 0.630. The van der Waals surface area contributed by atoms with E-state index in [2.05, 4.69) is 9.97 Å². The van der Waals surface area contributed by atoms with Gasteiger partial charge in [-0.1, -0.05) is 0 Å².